The lowest BCUT2D eigenvalue weighted by Crippen LogP contribution is -2.05. The quantitative estimate of drug-likeness (QED) is 0.0386. The van der Waals surface area contributed by atoms with Crippen LogP contribution in [0.1, 0.15) is 11.1 Å². The fourth-order valence-corrected chi connectivity index (χ4v) is 7.54. The number of hydrogen-bond donors (Lipinski definition) is 7. The lowest BCUT2D eigenvalue weighted by molar-refractivity contribution is 0.475. The second kappa shape index (κ2) is 15.3. The third kappa shape index (κ3) is 8.66. The predicted molar refractivity (Wildman–Crippen MR) is 212 cm³/mol. The van der Waals surface area contributed by atoms with E-state index in [2.05, 4.69) is 30.7 Å². The first-order chi connectivity index (χ1) is 27.1. The summed E-state index contributed by atoms with van der Waals surface area (Å²) < 4.78 is 103. The highest BCUT2D eigenvalue weighted by molar-refractivity contribution is 7.86. The molecule has 298 valence electrons. The van der Waals surface area contributed by atoms with Crippen LogP contribution in [0.5, 0.6) is 11.5 Å². The molecule has 0 saturated heterocycles. The molecule has 0 aliphatic carbocycles. The highest BCUT2D eigenvalue weighted by Crippen LogP contribution is 2.48. The summed E-state index contributed by atoms with van der Waals surface area (Å²) in [4.78, 5) is -2.56. The molecule has 0 heterocycles. The van der Waals surface area contributed by atoms with Crippen LogP contribution in [0.15, 0.2) is 136 Å². The van der Waals surface area contributed by atoms with E-state index in [9.17, 15) is 49.1 Å². The van der Waals surface area contributed by atoms with Gasteiger partial charge in [-0.15, -0.1) is 15.3 Å². The van der Waals surface area contributed by atoms with Gasteiger partial charge >= 0.3 is 0 Å². The van der Waals surface area contributed by atoms with Gasteiger partial charge in [0, 0.05) is 11.5 Å². The number of phenolic OH excluding ortho intramolecular Hbond substituents is 2. The number of anilines is 2. The molecule has 0 atom stereocenters. The van der Waals surface area contributed by atoms with E-state index >= 15 is 0 Å². The van der Waals surface area contributed by atoms with E-state index in [0.717, 1.165) is 28.8 Å². The highest BCUT2D eigenvalue weighted by atomic mass is 32.2. The molecule has 0 saturated carbocycles. The molecule has 19 nitrogen and oxygen atoms in total. The first-order valence-corrected chi connectivity index (χ1v) is 20.6. The maximum absolute atomic E-state index is 12.6. The van der Waals surface area contributed by atoms with Gasteiger partial charge in [-0.05, 0) is 103 Å². The average Bonchev–Trinajstić information content (AvgIpc) is 3.13. The Morgan fingerprint density at radius 1 is 0.534 bits per heavy atom. The van der Waals surface area contributed by atoms with Crippen molar-refractivity contribution in [2.45, 2.75) is 28.5 Å². The summed E-state index contributed by atoms with van der Waals surface area (Å²) in [7, 11) is -15.1. The van der Waals surface area contributed by atoms with Gasteiger partial charge in [0.25, 0.3) is 30.4 Å². The molecule has 0 unspecified atom stereocenters. The van der Waals surface area contributed by atoms with Crippen molar-refractivity contribution in [2.75, 3.05) is 11.5 Å². The number of aryl methyl sites for hydroxylation is 2. The van der Waals surface area contributed by atoms with E-state index < -0.39 is 78.6 Å². The van der Waals surface area contributed by atoms with Crippen molar-refractivity contribution in [1.29, 1.82) is 0 Å². The number of nitrogen functional groups attached to an aromatic ring is 2. The van der Waals surface area contributed by atoms with Crippen LogP contribution in [-0.2, 0) is 30.4 Å². The summed E-state index contributed by atoms with van der Waals surface area (Å²) in [5.41, 5.74) is 14.3. The molecule has 6 aromatic rings. The monoisotopic (exact) mass is 846 g/mol. The fourth-order valence-electron chi connectivity index (χ4n) is 5.66. The number of azo groups is 3. The summed E-state index contributed by atoms with van der Waals surface area (Å²) in [5, 5.41) is 43.7. The van der Waals surface area contributed by atoms with Gasteiger partial charge in [-0.1, -0.05) is 18.2 Å². The van der Waals surface area contributed by atoms with Gasteiger partial charge in [0.15, 0.2) is 5.75 Å². The molecule has 6 rings (SSSR count). The molecular weight excluding hydrogens is 817 g/mol. The number of aromatic hydroxyl groups is 2. The Balaban J connectivity index is 1.39. The standard InChI is InChI=1S/C36H30N8O11S3/c1-18-12-20(6-9-27(18)40-42-29-11-8-23(45)15-26(29)37)21-7-10-28(19(2)13-21)41-44-35-32(58(53,54)55)16-25-31(57(50,51)52)17-30(36(46)33(25)34(35)38)43-39-22-4-3-5-24(14-22)56(47,48)49/h3-17,45-46H,37-38H2,1-2H3,(H,47,48,49)(H,50,51,52)(H,53,54,55). The van der Waals surface area contributed by atoms with Crippen molar-refractivity contribution < 1.29 is 49.1 Å². The molecule has 0 aliphatic rings. The number of hydrogen-bond acceptors (Lipinski definition) is 16. The number of rotatable bonds is 10. The minimum atomic E-state index is -5.22. The topological polar surface area (TPSA) is 330 Å². The van der Waals surface area contributed by atoms with Crippen LogP contribution in [0.4, 0.5) is 45.5 Å². The van der Waals surface area contributed by atoms with Gasteiger partial charge in [-0.25, -0.2) is 0 Å². The molecule has 0 bridgehead atoms. The summed E-state index contributed by atoms with van der Waals surface area (Å²) in [6, 6.07) is 20.5. The second-order valence-corrected chi connectivity index (χ2v) is 16.8. The molecule has 6 aromatic carbocycles. The van der Waals surface area contributed by atoms with Gasteiger partial charge < -0.3 is 21.7 Å². The van der Waals surface area contributed by atoms with E-state index in [1.54, 1.807) is 31.2 Å². The highest BCUT2D eigenvalue weighted by Gasteiger charge is 2.28. The Morgan fingerprint density at radius 2 is 1.09 bits per heavy atom. The zero-order valence-electron chi connectivity index (χ0n) is 29.9. The minimum absolute atomic E-state index is 0.000909. The number of nitrogens with two attached hydrogens (primary N) is 2. The van der Waals surface area contributed by atoms with Gasteiger partial charge in [0.05, 0.1) is 38.7 Å². The summed E-state index contributed by atoms with van der Waals surface area (Å²) >= 11 is 0. The van der Waals surface area contributed by atoms with Crippen molar-refractivity contribution in [3.63, 3.8) is 0 Å². The third-order valence-electron chi connectivity index (χ3n) is 8.52. The number of phenols is 2. The Bertz CT molecular complexity index is 3120. The van der Waals surface area contributed by atoms with Crippen molar-refractivity contribution in [2.24, 2.45) is 30.7 Å². The van der Waals surface area contributed by atoms with E-state index in [1.807, 2.05) is 19.1 Å². The lowest BCUT2D eigenvalue weighted by Gasteiger charge is -2.14. The smallest absolute Gasteiger partial charge is 0.296 e. The molecule has 0 aromatic heterocycles. The zero-order chi connectivity index (χ0) is 42.3. The second-order valence-electron chi connectivity index (χ2n) is 12.6. The van der Waals surface area contributed by atoms with Crippen molar-refractivity contribution in [3.05, 3.63) is 102 Å². The Labute approximate surface area is 330 Å². The van der Waals surface area contributed by atoms with Crippen molar-refractivity contribution in [3.8, 4) is 22.6 Å². The predicted octanol–water partition coefficient (Wildman–Crippen LogP) is 8.69. The maximum atomic E-state index is 12.6. The molecule has 22 heteroatoms. The normalized spacial score (nSPS) is 12.7. The van der Waals surface area contributed by atoms with Gasteiger partial charge in [-0.3, -0.25) is 13.7 Å². The molecule has 0 spiro atoms. The van der Waals surface area contributed by atoms with E-state index in [-0.39, 0.29) is 22.8 Å². The number of nitrogens with zero attached hydrogens (tertiary/aromatic N) is 6. The van der Waals surface area contributed by atoms with E-state index in [0.29, 0.717) is 29.1 Å². The number of fused-ring (bicyclic) bond motifs is 1. The van der Waals surface area contributed by atoms with E-state index in [4.69, 9.17) is 11.5 Å². The zero-order valence-corrected chi connectivity index (χ0v) is 32.4. The molecule has 0 fully saturated rings. The van der Waals surface area contributed by atoms with E-state index in [1.165, 1.54) is 30.3 Å². The maximum Gasteiger partial charge on any atom is 0.296 e. The SMILES string of the molecule is Cc1cc(-c2ccc(N=Nc3c(S(=O)(=O)O)cc4c(S(=O)(=O)O)cc(N=Nc5cccc(S(=O)(=O)O)c5)c(O)c4c3N)c(C)c2)ccc1N=Nc1ccc(O)cc1N. The van der Waals surface area contributed by atoms with Crippen molar-refractivity contribution in [1.82, 2.24) is 0 Å². The Kier molecular flexibility index (Phi) is 10.8. The summed E-state index contributed by atoms with van der Waals surface area (Å²) in [6.45, 7) is 3.53. The first-order valence-electron chi connectivity index (χ1n) is 16.3. The van der Waals surface area contributed by atoms with Crippen LogP contribution in [0.3, 0.4) is 0 Å². The molecule has 0 radical (unpaired) electrons. The Morgan fingerprint density at radius 3 is 1.64 bits per heavy atom. The largest absolute Gasteiger partial charge is 0.508 e. The first kappa shape index (κ1) is 41.0. The number of benzene rings is 6. The molecule has 0 amide bonds. The van der Waals surface area contributed by atoms with Gasteiger partial charge in [0.1, 0.15) is 32.6 Å². The van der Waals surface area contributed by atoms with Crippen molar-refractivity contribution >= 4 is 86.6 Å². The summed E-state index contributed by atoms with van der Waals surface area (Å²) in [6.07, 6.45) is 0. The molecule has 0 aliphatic heterocycles. The van der Waals surface area contributed by atoms with Gasteiger partial charge in [0.2, 0.25) is 0 Å². The molecule has 9 N–H and O–H groups in total. The summed E-state index contributed by atoms with van der Waals surface area (Å²) in [5.74, 6) is -0.873. The minimum Gasteiger partial charge on any atom is -0.508 e. The lowest BCUT2D eigenvalue weighted by atomic mass is 10.0. The Hall–Kier alpha value is -6.69. The van der Waals surface area contributed by atoms with Crippen LogP contribution < -0.4 is 11.5 Å². The van der Waals surface area contributed by atoms with Crippen LogP contribution >= 0.6 is 0 Å². The van der Waals surface area contributed by atoms with Gasteiger partial charge in [-0.2, -0.15) is 40.6 Å². The average molecular weight is 847 g/mol. The van der Waals surface area contributed by atoms with Crippen LogP contribution in [0.25, 0.3) is 21.9 Å². The molecule has 58 heavy (non-hydrogen) atoms. The van der Waals surface area contributed by atoms with Crippen LogP contribution in [0, 0.1) is 13.8 Å². The fraction of sp³-hybridized carbons (Fsp3) is 0.0556. The molecular formula is C36H30N8O11S3. The van der Waals surface area contributed by atoms with Crippen LogP contribution in [-0.4, -0.2) is 49.1 Å². The van der Waals surface area contributed by atoms with Crippen LogP contribution in [0.2, 0.25) is 0 Å². The third-order valence-corrected chi connectivity index (χ3v) is 11.1.